The molecule has 2 nitrogen and oxygen atoms in total. The minimum Gasteiger partial charge on any atom is -0.457 e. The summed E-state index contributed by atoms with van der Waals surface area (Å²) in [6, 6.07) is 17.8. The molecule has 2 aromatic rings. The molecule has 96 valence electrons. The second-order valence-corrected chi connectivity index (χ2v) is 4.25. The van der Waals surface area contributed by atoms with Crippen LogP contribution in [0.25, 0.3) is 0 Å². The van der Waals surface area contributed by atoms with Crippen LogP contribution >= 0.6 is 15.9 Å². The van der Waals surface area contributed by atoms with E-state index < -0.39 is 0 Å². The number of para-hydroxylation sites is 1. The fourth-order valence-corrected chi connectivity index (χ4v) is 1.65. The molecule has 1 N–H and O–H groups in total. The van der Waals surface area contributed by atoms with Gasteiger partial charge in [-0.15, -0.1) is 0 Å². The Bertz CT molecular complexity index is 428. The average Bonchev–Trinajstić information content (AvgIpc) is 2.42. The summed E-state index contributed by atoms with van der Waals surface area (Å²) in [4.78, 5) is 0. The third kappa shape index (κ3) is 5.34. The zero-order valence-corrected chi connectivity index (χ0v) is 12.3. The Morgan fingerprint density at radius 2 is 1.39 bits per heavy atom. The molecule has 2 rings (SSSR count). The van der Waals surface area contributed by atoms with Gasteiger partial charge in [-0.2, -0.15) is 0 Å². The molecular formula is C15H18BrNO. The van der Waals surface area contributed by atoms with Crippen molar-refractivity contribution in [2.45, 2.75) is 5.33 Å². The minimum atomic E-state index is 0.865. The van der Waals surface area contributed by atoms with Crippen molar-refractivity contribution in [2.75, 3.05) is 14.1 Å². The molecule has 0 aliphatic carbocycles. The summed E-state index contributed by atoms with van der Waals surface area (Å²) in [6.45, 7) is 0. The van der Waals surface area contributed by atoms with Crippen molar-refractivity contribution in [1.82, 2.24) is 5.32 Å². The molecule has 0 radical (unpaired) electrons. The van der Waals surface area contributed by atoms with Gasteiger partial charge in [0.15, 0.2) is 0 Å². The minimum absolute atomic E-state index is 0.865. The maximum absolute atomic E-state index is 5.66. The summed E-state index contributed by atoms with van der Waals surface area (Å²) in [5, 5.41) is 3.62. The van der Waals surface area contributed by atoms with Crippen molar-refractivity contribution in [3.05, 3.63) is 60.2 Å². The first kappa shape index (κ1) is 14.7. The van der Waals surface area contributed by atoms with Crippen LogP contribution in [0.1, 0.15) is 5.56 Å². The molecule has 0 fully saturated rings. The predicted octanol–water partition coefficient (Wildman–Crippen LogP) is 4.21. The van der Waals surface area contributed by atoms with E-state index in [-0.39, 0.29) is 0 Å². The first-order valence-corrected chi connectivity index (χ1v) is 6.88. The highest BCUT2D eigenvalue weighted by Crippen LogP contribution is 2.21. The van der Waals surface area contributed by atoms with Crippen molar-refractivity contribution in [3.63, 3.8) is 0 Å². The van der Waals surface area contributed by atoms with E-state index in [9.17, 15) is 0 Å². The van der Waals surface area contributed by atoms with Gasteiger partial charge in [-0.1, -0.05) is 46.3 Å². The number of hydrogen-bond donors (Lipinski definition) is 1. The molecule has 0 saturated carbocycles. The number of benzene rings is 2. The molecule has 0 unspecified atom stereocenters. The maximum Gasteiger partial charge on any atom is 0.127 e. The largest absolute Gasteiger partial charge is 0.457 e. The number of nitrogens with one attached hydrogen (secondary N) is 1. The number of hydrogen-bond acceptors (Lipinski definition) is 2. The zero-order valence-electron chi connectivity index (χ0n) is 10.7. The van der Waals surface area contributed by atoms with Crippen LogP contribution < -0.4 is 10.1 Å². The summed E-state index contributed by atoms with van der Waals surface area (Å²) in [7, 11) is 3.75. The van der Waals surface area contributed by atoms with E-state index in [2.05, 4.69) is 21.2 Å². The first-order chi connectivity index (χ1) is 8.80. The summed E-state index contributed by atoms with van der Waals surface area (Å²) >= 11 is 3.41. The Morgan fingerprint density at radius 3 is 1.89 bits per heavy atom. The van der Waals surface area contributed by atoms with Crippen LogP contribution in [0.5, 0.6) is 11.5 Å². The van der Waals surface area contributed by atoms with Gasteiger partial charge >= 0.3 is 0 Å². The van der Waals surface area contributed by atoms with Crippen molar-refractivity contribution in [2.24, 2.45) is 0 Å². The molecule has 0 atom stereocenters. The molecule has 0 aliphatic rings. The summed E-state index contributed by atoms with van der Waals surface area (Å²) < 4.78 is 5.66. The van der Waals surface area contributed by atoms with E-state index in [0.717, 1.165) is 16.8 Å². The van der Waals surface area contributed by atoms with E-state index in [1.54, 1.807) is 0 Å². The Kier molecular flexibility index (Phi) is 7.14. The zero-order chi connectivity index (χ0) is 13.2. The lowest BCUT2D eigenvalue weighted by molar-refractivity contribution is 0.482. The van der Waals surface area contributed by atoms with E-state index in [0.29, 0.717) is 0 Å². The fraction of sp³-hybridized carbons (Fsp3) is 0.200. The van der Waals surface area contributed by atoms with Gasteiger partial charge in [0.25, 0.3) is 0 Å². The molecule has 18 heavy (non-hydrogen) atoms. The lowest BCUT2D eigenvalue weighted by Gasteiger charge is -2.05. The first-order valence-electron chi connectivity index (χ1n) is 5.76. The van der Waals surface area contributed by atoms with Gasteiger partial charge in [0.1, 0.15) is 11.5 Å². The Hall–Kier alpha value is -1.32. The molecule has 0 bridgehead atoms. The molecule has 0 spiro atoms. The van der Waals surface area contributed by atoms with Crippen molar-refractivity contribution in [3.8, 4) is 11.5 Å². The number of rotatable bonds is 3. The van der Waals surface area contributed by atoms with Gasteiger partial charge in [-0.25, -0.2) is 0 Å². The lowest BCUT2D eigenvalue weighted by Crippen LogP contribution is -1.89. The molecule has 2 aromatic carbocycles. The van der Waals surface area contributed by atoms with Gasteiger partial charge in [0, 0.05) is 5.33 Å². The van der Waals surface area contributed by atoms with Crippen LogP contribution in [0, 0.1) is 0 Å². The number of halogens is 1. The second-order valence-electron chi connectivity index (χ2n) is 3.69. The van der Waals surface area contributed by atoms with Crippen molar-refractivity contribution in [1.29, 1.82) is 0 Å². The van der Waals surface area contributed by atoms with Gasteiger partial charge < -0.3 is 10.1 Å². The molecule has 0 saturated heterocycles. The van der Waals surface area contributed by atoms with E-state index in [1.807, 2.05) is 68.7 Å². The number of alkyl halides is 1. The fourth-order valence-electron chi connectivity index (χ4n) is 1.27. The summed E-state index contributed by atoms with van der Waals surface area (Å²) in [5.74, 6) is 1.73. The van der Waals surface area contributed by atoms with Crippen LogP contribution in [-0.2, 0) is 5.33 Å². The Balaban J connectivity index is 0.000000492. The second kappa shape index (κ2) is 8.72. The molecule has 3 heteroatoms. The third-order valence-electron chi connectivity index (χ3n) is 2.06. The standard InChI is InChI=1S/C13H11BrO.C2H7N/c14-10-11-6-8-13(9-7-11)15-12-4-2-1-3-5-12;1-3-2/h1-9H,10H2;3H,1-2H3. The highest BCUT2D eigenvalue weighted by molar-refractivity contribution is 9.08. The quantitative estimate of drug-likeness (QED) is 0.858. The molecule has 0 amide bonds. The Morgan fingerprint density at radius 1 is 0.889 bits per heavy atom. The normalized spacial score (nSPS) is 9.28. The lowest BCUT2D eigenvalue weighted by atomic mass is 10.2. The monoisotopic (exact) mass is 307 g/mol. The van der Waals surface area contributed by atoms with Crippen molar-refractivity contribution >= 4 is 15.9 Å². The highest BCUT2D eigenvalue weighted by Gasteiger charge is 1.95. The molecule has 0 heterocycles. The molecule has 0 aliphatic heterocycles. The summed E-state index contributed by atoms with van der Waals surface area (Å²) in [5.41, 5.74) is 1.25. The topological polar surface area (TPSA) is 21.3 Å². The van der Waals surface area contributed by atoms with Crippen molar-refractivity contribution < 1.29 is 4.74 Å². The van der Waals surface area contributed by atoms with Gasteiger partial charge in [0.2, 0.25) is 0 Å². The third-order valence-corrected chi connectivity index (χ3v) is 2.70. The van der Waals surface area contributed by atoms with E-state index in [4.69, 9.17) is 4.74 Å². The van der Waals surface area contributed by atoms with Gasteiger partial charge in [0.05, 0.1) is 0 Å². The van der Waals surface area contributed by atoms with E-state index >= 15 is 0 Å². The smallest absolute Gasteiger partial charge is 0.127 e. The maximum atomic E-state index is 5.66. The summed E-state index contributed by atoms with van der Waals surface area (Å²) in [6.07, 6.45) is 0. The highest BCUT2D eigenvalue weighted by atomic mass is 79.9. The van der Waals surface area contributed by atoms with Crippen LogP contribution in [0.3, 0.4) is 0 Å². The van der Waals surface area contributed by atoms with Crippen LogP contribution in [-0.4, -0.2) is 14.1 Å². The average molecular weight is 308 g/mol. The van der Waals surface area contributed by atoms with Gasteiger partial charge in [-0.3, -0.25) is 0 Å². The molecular weight excluding hydrogens is 290 g/mol. The van der Waals surface area contributed by atoms with E-state index in [1.165, 1.54) is 5.56 Å². The SMILES string of the molecule is BrCc1ccc(Oc2ccccc2)cc1.CNC. The number of ether oxygens (including phenoxy) is 1. The van der Waals surface area contributed by atoms with Gasteiger partial charge in [-0.05, 0) is 43.9 Å². The molecule has 0 aromatic heterocycles. The van der Waals surface area contributed by atoms with Crippen LogP contribution in [0.15, 0.2) is 54.6 Å². The van der Waals surface area contributed by atoms with Crippen LogP contribution in [0.4, 0.5) is 0 Å². The Labute approximate surface area is 117 Å². The van der Waals surface area contributed by atoms with Crippen LogP contribution in [0.2, 0.25) is 0 Å². The predicted molar refractivity (Wildman–Crippen MR) is 80.6 cm³/mol.